The highest BCUT2D eigenvalue weighted by atomic mass is 15.3. The van der Waals surface area contributed by atoms with E-state index in [0.717, 1.165) is 18.9 Å². The quantitative estimate of drug-likeness (QED) is 0.590. The Labute approximate surface area is 117 Å². The SMILES string of the molecule is CC(C)(CCCN1CCN2CCCCC2C1)C(=N)N. The normalized spacial score (nSPS) is 26.1. The van der Waals surface area contributed by atoms with Crippen molar-refractivity contribution in [2.45, 2.75) is 52.0 Å². The Morgan fingerprint density at radius 3 is 2.79 bits per heavy atom. The van der Waals surface area contributed by atoms with Crippen LogP contribution in [0.3, 0.4) is 0 Å². The number of rotatable bonds is 5. The molecule has 2 aliphatic heterocycles. The van der Waals surface area contributed by atoms with Crippen molar-refractivity contribution in [2.75, 3.05) is 32.7 Å². The highest BCUT2D eigenvalue weighted by Crippen LogP contribution is 2.24. The molecule has 19 heavy (non-hydrogen) atoms. The summed E-state index contributed by atoms with van der Waals surface area (Å²) in [6.45, 7) is 10.4. The van der Waals surface area contributed by atoms with Crippen molar-refractivity contribution in [3.63, 3.8) is 0 Å². The topological polar surface area (TPSA) is 56.4 Å². The number of nitrogens with zero attached hydrogens (tertiary/aromatic N) is 2. The first kappa shape index (κ1) is 14.8. The molecule has 0 saturated carbocycles. The van der Waals surface area contributed by atoms with Crippen LogP contribution in [0.25, 0.3) is 0 Å². The Kier molecular flexibility index (Phi) is 4.85. The highest BCUT2D eigenvalue weighted by Gasteiger charge is 2.29. The van der Waals surface area contributed by atoms with Gasteiger partial charge < -0.3 is 10.6 Å². The first-order chi connectivity index (χ1) is 8.99. The fourth-order valence-electron chi connectivity index (χ4n) is 3.30. The van der Waals surface area contributed by atoms with Crippen molar-refractivity contribution >= 4 is 5.84 Å². The summed E-state index contributed by atoms with van der Waals surface area (Å²) in [6, 6.07) is 0.809. The number of nitrogens with two attached hydrogens (primary N) is 1. The fourth-order valence-corrected chi connectivity index (χ4v) is 3.30. The minimum atomic E-state index is -0.132. The maximum atomic E-state index is 7.60. The molecule has 2 fully saturated rings. The van der Waals surface area contributed by atoms with E-state index in [1.807, 2.05) is 0 Å². The van der Waals surface area contributed by atoms with Gasteiger partial charge in [-0.15, -0.1) is 0 Å². The Morgan fingerprint density at radius 1 is 1.26 bits per heavy atom. The lowest BCUT2D eigenvalue weighted by Gasteiger charge is -2.44. The molecule has 0 aliphatic carbocycles. The lowest BCUT2D eigenvalue weighted by atomic mass is 9.86. The predicted molar refractivity (Wildman–Crippen MR) is 80.6 cm³/mol. The first-order valence-electron chi connectivity index (χ1n) is 7.80. The van der Waals surface area contributed by atoms with Crippen molar-refractivity contribution in [3.05, 3.63) is 0 Å². The van der Waals surface area contributed by atoms with Crippen LogP contribution in [-0.4, -0.2) is 54.4 Å². The molecule has 4 heteroatoms. The molecule has 2 rings (SSSR count). The van der Waals surface area contributed by atoms with E-state index < -0.39 is 0 Å². The van der Waals surface area contributed by atoms with Crippen LogP contribution < -0.4 is 5.73 Å². The fraction of sp³-hybridized carbons (Fsp3) is 0.933. The van der Waals surface area contributed by atoms with E-state index in [4.69, 9.17) is 11.1 Å². The molecule has 2 saturated heterocycles. The summed E-state index contributed by atoms with van der Waals surface area (Å²) >= 11 is 0. The van der Waals surface area contributed by atoms with Crippen LogP contribution in [-0.2, 0) is 0 Å². The number of amidine groups is 1. The number of hydrogen-bond acceptors (Lipinski definition) is 3. The molecule has 4 nitrogen and oxygen atoms in total. The summed E-state index contributed by atoms with van der Waals surface area (Å²) in [5.74, 6) is 0.324. The molecule has 0 bridgehead atoms. The molecule has 1 unspecified atom stereocenters. The summed E-state index contributed by atoms with van der Waals surface area (Å²) < 4.78 is 0. The van der Waals surface area contributed by atoms with Gasteiger partial charge in [-0.25, -0.2) is 0 Å². The third-order valence-corrected chi connectivity index (χ3v) is 4.93. The summed E-state index contributed by atoms with van der Waals surface area (Å²) in [4.78, 5) is 5.29. The number of piperidine rings is 1. The molecular weight excluding hydrogens is 236 g/mol. The smallest absolute Gasteiger partial charge is 0.0963 e. The van der Waals surface area contributed by atoms with Gasteiger partial charge in [-0.2, -0.15) is 0 Å². The lowest BCUT2D eigenvalue weighted by molar-refractivity contribution is 0.0479. The van der Waals surface area contributed by atoms with Gasteiger partial charge in [0.1, 0.15) is 0 Å². The Balaban J connectivity index is 1.71. The van der Waals surface area contributed by atoms with Gasteiger partial charge in [-0.1, -0.05) is 20.3 Å². The maximum absolute atomic E-state index is 7.60. The number of fused-ring (bicyclic) bond motifs is 1. The van der Waals surface area contributed by atoms with Gasteiger partial charge in [0, 0.05) is 31.1 Å². The van der Waals surface area contributed by atoms with Gasteiger partial charge in [0.15, 0.2) is 0 Å². The van der Waals surface area contributed by atoms with E-state index in [2.05, 4.69) is 23.6 Å². The highest BCUT2D eigenvalue weighted by molar-refractivity contribution is 5.82. The van der Waals surface area contributed by atoms with Gasteiger partial charge in [-0.05, 0) is 38.8 Å². The van der Waals surface area contributed by atoms with E-state index in [1.54, 1.807) is 0 Å². The second-order valence-electron chi connectivity index (χ2n) is 6.89. The largest absolute Gasteiger partial charge is 0.387 e. The monoisotopic (exact) mass is 266 g/mol. The van der Waals surface area contributed by atoms with E-state index >= 15 is 0 Å². The van der Waals surface area contributed by atoms with Crippen LogP contribution in [0.15, 0.2) is 0 Å². The molecule has 110 valence electrons. The molecular formula is C15H30N4. The van der Waals surface area contributed by atoms with Gasteiger partial charge >= 0.3 is 0 Å². The van der Waals surface area contributed by atoms with E-state index in [1.165, 1.54) is 52.0 Å². The van der Waals surface area contributed by atoms with Crippen molar-refractivity contribution in [1.29, 1.82) is 5.41 Å². The van der Waals surface area contributed by atoms with Gasteiger partial charge in [0.2, 0.25) is 0 Å². The lowest BCUT2D eigenvalue weighted by Crippen LogP contribution is -2.54. The Hall–Kier alpha value is -0.610. The Bertz CT molecular complexity index is 313. The standard InChI is InChI=1S/C15H30N4/c1-15(2,14(16)17)7-5-8-18-10-11-19-9-4-3-6-13(19)12-18/h13H,3-12H2,1-2H3,(H3,16,17). The molecule has 0 spiro atoms. The summed E-state index contributed by atoms with van der Waals surface area (Å²) in [5, 5.41) is 7.60. The average molecular weight is 266 g/mol. The summed E-state index contributed by atoms with van der Waals surface area (Å²) in [6.07, 6.45) is 6.36. The first-order valence-corrected chi connectivity index (χ1v) is 7.80. The van der Waals surface area contributed by atoms with Crippen molar-refractivity contribution in [3.8, 4) is 0 Å². The van der Waals surface area contributed by atoms with Crippen LogP contribution in [0.4, 0.5) is 0 Å². The van der Waals surface area contributed by atoms with Crippen LogP contribution in [0.5, 0.6) is 0 Å². The summed E-state index contributed by atoms with van der Waals surface area (Å²) in [7, 11) is 0. The van der Waals surface area contributed by atoms with Crippen LogP contribution in [0.1, 0.15) is 46.0 Å². The number of piperazine rings is 1. The molecule has 0 amide bonds. The second kappa shape index (κ2) is 6.23. The molecule has 0 radical (unpaired) electrons. The van der Waals surface area contributed by atoms with E-state index in [0.29, 0.717) is 5.84 Å². The van der Waals surface area contributed by atoms with Crippen molar-refractivity contribution in [2.24, 2.45) is 11.1 Å². The minimum Gasteiger partial charge on any atom is -0.387 e. The molecule has 1 atom stereocenters. The van der Waals surface area contributed by atoms with Gasteiger partial charge in [0.25, 0.3) is 0 Å². The molecule has 3 N–H and O–H groups in total. The predicted octanol–water partition coefficient (Wildman–Crippen LogP) is 1.90. The minimum absolute atomic E-state index is 0.132. The van der Waals surface area contributed by atoms with Gasteiger partial charge in [0.05, 0.1) is 5.84 Å². The molecule has 2 heterocycles. The summed E-state index contributed by atoms with van der Waals surface area (Å²) in [5.41, 5.74) is 5.51. The van der Waals surface area contributed by atoms with E-state index in [-0.39, 0.29) is 5.41 Å². The second-order valence-corrected chi connectivity index (χ2v) is 6.89. The zero-order chi connectivity index (χ0) is 13.9. The van der Waals surface area contributed by atoms with Gasteiger partial charge in [-0.3, -0.25) is 10.3 Å². The Morgan fingerprint density at radius 2 is 2.05 bits per heavy atom. The van der Waals surface area contributed by atoms with Crippen LogP contribution >= 0.6 is 0 Å². The molecule has 0 aromatic rings. The molecule has 0 aromatic carbocycles. The zero-order valence-electron chi connectivity index (χ0n) is 12.6. The van der Waals surface area contributed by atoms with E-state index in [9.17, 15) is 0 Å². The zero-order valence-corrected chi connectivity index (χ0v) is 12.6. The third kappa shape index (κ3) is 3.93. The van der Waals surface area contributed by atoms with Crippen molar-refractivity contribution in [1.82, 2.24) is 9.80 Å². The van der Waals surface area contributed by atoms with Crippen LogP contribution in [0, 0.1) is 10.8 Å². The molecule has 2 aliphatic rings. The third-order valence-electron chi connectivity index (χ3n) is 4.93. The molecule has 0 aromatic heterocycles. The number of nitrogens with one attached hydrogen (secondary N) is 1. The van der Waals surface area contributed by atoms with Crippen LogP contribution in [0.2, 0.25) is 0 Å². The average Bonchev–Trinajstić information content (AvgIpc) is 2.38. The maximum Gasteiger partial charge on any atom is 0.0963 e. The number of hydrogen-bond donors (Lipinski definition) is 2. The van der Waals surface area contributed by atoms with Crippen molar-refractivity contribution < 1.29 is 0 Å².